The quantitative estimate of drug-likeness (QED) is 0.579. The van der Waals surface area contributed by atoms with Crippen molar-refractivity contribution in [2.24, 2.45) is 0 Å². The molecule has 1 aromatic heterocycles. The number of hydrogen-bond donors (Lipinski definition) is 2. The molecule has 0 bridgehead atoms. The van der Waals surface area contributed by atoms with Crippen LogP contribution in [0.2, 0.25) is 0 Å². The van der Waals surface area contributed by atoms with Gasteiger partial charge in [-0.2, -0.15) is 0 Å². The number of nitrogens with zero attached hydrogens (tertiary/aromatic N) is 1. The average molecular weight is 369 g/mol. The summed E-state index contributed by atoms with van der Waals surface area (Å²) >= 11 is 0.989. The Bertz CT molecular complexity index is 811. The standard InChI is InChI=1S/C16H17F2N3O3S/c1-9(2)24-7-11-6-14(22)21-16(19-11)25-8-15(23)20-13-4-3-10(17)5-12(13)18/h3-6,9H,7-8H2,1-2H3,(H,20,23)(H,19,21,22). The Kier molecular flexibility index (Phi) is 6.65. The molecule has 134 valence electrons. The Morgan fingerprint density at radius 1 is 1.36 bits per heavy atom. The van der Waals surface area contributed by atoms with Crippen LogP contribution in [0.5, 0.6) is 0 Å². The zero-order valence-electron chi connectivity index (χ0n) is 13.6. The first kappa shape index (κ1) is 19.1. The molecule has 1 heterocycles. The molecule has 2 N–H and O–H groups in total. The molecule has 0 radical (unpaired) electrons. The van der Waals surface area contributed by atoms with E-state index in [1.165, 1.54) is 6.07 Å². The lowest BCUT2D eigenvalue weighted by Crippen LogP contribution is -2.17. The van der Waals surface area contributed by atoms with Crippen LogP contribution in [0.25, 0.3) is 0 Å². The molecule has 2 rings (SSSR count). The predicted octanol–water partition coefficient (Wildman–Crippen LogP) is 2.70. The van der Waals surface area contributed by atoms with Crippen LogP contribution in [0.4, 0.5) is 14.5 Å². The fraction of sp³-hybridized carbons (Fsp3) is 0.312. The van der Waals surface area contributed by atoms with E-state index in [9.17, 15) is 18.4 Å². The Morgan fingerprint density at radius 3 is 2.80 bits per heavy atom. The molecule has 6 nitrogen and oxygen atoms in total. The highest BCUT2D eigenvalue weighted by Crippen LogP contribution is 2.17. The van der Waals surface area contributed by atoms with Gasteiger partial charge in [-0.3, -0.25) is 9.59 Å². The number of aromatic nitrogens is 2. The van der Waals surface area contributed by atoms with E-state index in [0.717, 1.165) is 23.9 Å². The Morgan fingerprint density at radius 2 is 2.12 bits per heavy atom. The predicted molar refractivity (Wildman–Crippen MR) is 90.5 cm³/mol. The van der Waals surface area contributed by atoms with Crippen LogP contribution >= 0.6 is 11.8 Å². The Hall–Kier alpha value is -2.26. The highest BCUT2D eigenvalue weighted by atomic mass is 32.2. The van der Waals surface area contributed by atoms with Gasteiger partial charge in [-0.05, 0) is 26.0 Å². The van der Waals surface area contributed by atoms with Gasteiger partial charge in [-0.1, -0.05) is 11.8 Å². The smallest absolute Gasteiger partial charge is 0.251 e. The van der Waals surface area contributed by atoms with Gasteiger partial charge in [-0.25, -0.2) is 13.8 Å². The monoisotopic (exact) mass is 369 g/mol. The Labute approximate surface area is 147 Å². The number of rotatable bonds is 7. The molecule has 1 aromatic carbocycles. The van der Waals surface area contributed by atoms with Crippen molar-refractivity contribution in [3.63, 3.8) is 0 Å². The molecule has 0 unspecified atom stereocenters. The van der Waals surface area contributed by atoms with Crippen molar-refractivity contribution in [1.29, 1.82) is 0 Å². The molecule has 1 amide bonds. The lowest BCUT2D eigenvalue weighted by molar-refractivity contribution is -0.113. The maximum absolute atomic E-state index is 13.5. The van der Waals surface area contributed by atoms with Crippen molar-refractivity contribution in [2.45, 2.75) is 31.7 Å². The van der Waals surface area contributed by atoms with Crippen LogP contribution in [-0.2, 0) is 16.1 Å². The van der Waals surface area contributed by atoms with Gasteiger partial charge in [0.1, 0.15) is 11.6 Å². The van der Waals surface area contributed by atoms with E-state index in [1.54, 1.807) is 0 Å². The van der Waals surface area contributed by atoms with Crippen LogP contribution in [0, 0.1) is 11.6 Å². The fourth-order valence-electron chi connectivity index (χ4n) is 1.79. The third-order valence-corrected chi connectivity index (χ3v) is 3.76. The SMILES string of the molecule is CC(C)OCc1cc(=O)[nH]c(SCC(=O)Nc2ccc(F)cc2F)n1. The van der Waals surface area contributed by atoms with E-state index < -0.39 is 17.5 Å². The minimum Gasteiger partial charge on any atom is -0.373 e. The fourth-order valence-corrected chi connectivity index (χ4v) is 2.48. The summed E-state index contributed by atoms with van der Waals surface area (Å²) in [6.07, 6.45) is -0.00595. The van der Waals surface area contributed by atoms with Crippen molar-refractivity contribution < 1.29 is 18.3 Å². The summed E-state index contributed by atoms with van der Waals surface area (Å²) in [6, 6.07) is 4.18. The first-order valence-electron chi connectivity index (χ1n) is 7.43. The van der Waals surface area contributed by atoms with Gasteiger partial charge in [0.25, 0.3) is 5.56 Å². The molecule has 2 aromatic rings. The van der Waals surface area contributed by atoms with Gasteiger partial charge in [0.15, 0.2) is 5.16 Å². The van der Waals surface area contributed by atoms with Crippen LogP contribution in [-0.4, -0.2) is 27.7 Å². The molecule has 0 spiro atoms. The van der Waals surface area contributed by atoms with Crippen LogP contribution in [0.15, 0.2) is 34.2 Å². The van der Waals surface area contributed by atoms with Gasteiger partial charge in [-0.15, -0.1) is 0 Å². The molecular weight excluding hydrogens is 352 g/mol. The number of anilines is 1. The van der Waals surface area contributed by atoms with Gasteiger partial charge >= 0.3 is 0 Å². The third kappa shape index (κ3) is 6.28. The topological polar surface area (TPSA) is 84.1 Å². The molecule has 0 aliphatic carbocycles. The second-order valence-electron chi connectivity index (χ2n) is 5.36. The van der Waals surface area contributed by atoms with E-state index >= 15 is 0 Å². The highest BCUT2D eigenvalue weighted by Gasteiger charge is 2.10. The summed E-state index contributed by atoms with van der Waals surface area (Å²) < 4.78 is 31.7. The maximum atomic E-state index is 13.5. The lowest BCUT2D eigenvalue weighted by Gasteiger charge is -2.08. The number of aromatic amines is 1. The second kappa shape index (κ2) is 8.72. The zero-order chi connectivity index (χ0) is 18.4. The molecule has 0 aliphatic heterocycles. The number of halogens is 2. The molecule has 25 heavy (non-hydrogen) atoms. The van der Waals surface area contributed by atoms with Crippen molar-refractivity contribution in [1.82, 2.24) is 9.97 Å². The summed E-state index contributed by atoms with van der Waals surface area (Å²) in [5, 5.41) is 2.59. The van der Waals surface area contributed by atoms with Gasteiger partial charge in [0, 0.05) is 12.1 Å². The number of benzene rings is 1. The van der Waals surface area contributed by atoms with Crippen molar-refractivity contribution in [3.05, 3.63) is 51.9 Å². The Balaban J connectivity index is 1.95. The average Bonchev–Trinajstić information content (AvgIpc) is 2.53. The van der Waals surface area contributed by atoms with Crippen LogP contribution in [0.1, 0.15) is 19.5 Å². The zero-order valence-corrected chi connectivity index (χ0v) is 14.5. The number of ether oxygens (including phenoxy) is 1. The van der Waals surface area contributed by atoms with E-state index in [-0.39, 0.29) is 34.9 Å². The van der Waals surface area contributed by atoms with Crippen LogP contribution in [0.3, 0.4) is 0 Å². The summed E-state index contributed by atoms with van der Waals surface area (Å²) in [5.74, 6) is -2.21. The number of thioether (sulfide) groups is 1. The molecule has 9 heteroatoms. The molecular formula is C16H17F2N3O3S. The summed E-state index contributed by atoms with van der Waals surface area (Å²) in [6.45, 7) is 3.91. The summed E-state index contributed by atoms with van der Waals surface area (Å²) in [7, 11) is 0. The number of carbonyl (C=O) groups is 1. The third-order valence-electron chi connectivity index (χ3n) is 2.88. The first-order chi connectivity index (χ1) is 11.8. The van der Waals surface area contributed by atoms with Gasteiger partial charge in [0.2, 0.25) is 5.91 Å². The van der Waals surface area contributed by atoms with E-state index in [1.807, 2.05) is 13.8 Å². The minimum absolute atomic E-state index is 0.00595. The summed E-state index contributed by atoms with van der Waals surface area (Å²) in [4.78, 5) is 30.2. The molecule has 0 atom stereocenters. The largest absolute Gasteiger partial charge is 0.373 e. The van der Waals surface area contributed by atoms with Crippen LogP contribution < -0.4 is 10.9 Å². The van der Waals surface area contributed by atoms with E-state index in [4.69, 9.17) is 4.74 Å². The number of carbonyl (C=O) groups excluding carboxylic acids is 1. The number of H-pyrrole nitrogens is 1. The minimum atomic E-state index is -0.863. The number of hydrogen-bond acceptors (Lipinski definition) is 5. The molecule has 0 saturated carbocycles. The van der Waals surface area contributed by atoms with Crippen molar-refractivity contribution in [3.8, 4) is 0 Å². The molecule has 0 aliphatic rings. The normalized spacial score (nSPS) is 10.9. The van der Waals surface area contributed by atoms with Crippen molar-refractivity contribution in [2.75, 3.05) is 11.1 Å². The van der Waals surface area contributed by atoms with E-state index in [0.29, 0.717) is 11.8 Å². The van der Waals surface area contributed by atoms with E-state index in [2.05, 4.69) is 15.3 Å². The summed E-state index contributed by atoms with van der Waals surface area (Å²) in [5.41, 5.74) is -0.0256. The van der Waals surface area contributed by atoms with Crippen molar-refractivity contribution >= 4 is 23.4 Å². The molecule has 0 fully saturated rings. The first-order valence-corrected chi connectivity index (χ1v) is 8.41. The lowest BCUT2D eigenvalue weighted by atomic mass is 10.3. The highest BCUT2D eigenvalue weighted by molar-refractivity contribution is 7.99. The van der Waals surface area contributed by atoms with Gasteiger partial charge < -0.3 is 15.0 Å². The van der Waals surface area contributed by atoms with Gasteiger partial charge in [0.05, 0.1) is 29.8 Å². The molecule has 0 saturated heterocycles. The second-order valence-corrected chi connectivity index (χ2v) is 6.33. The number of amides is 1. The number of nitrogens with one attached hydrogen (secondary N) is 2. The maximum Gasteiger partial charge on any atom is 0.251 e.